The normalized spacial score (nSPS) is 19.6. The zero-order chi connectivity index (χ0) is 14.3. The molecule has 2 saturated carbocycles. The zero-order valence-electron chi connectivity index (χ0n) is 11.1. The summed E-state index contributed by atoms with van der Waals surface area (Å²) in [6, 6.07) is 5.15. The van der Waals surface area contributed by atoms with Crippen LogP contribution >= 0.6 is 23.2 Å². The van der Waals surface area contributed by atoms with Gasteiger partial charge in [0.1, 0.15) is 4.90 Å². The first-order chi connectivity index (χ1) is 9.52. The molecule has 3 rings (SSSR count). The van der Waals surface area contributed by atoms with Gasteiger partial charge in [-0.2, -0.15) is 4.31 Å². The molecule has 0 unspecified atom stereocenters. The fourth-order valence-corrected chi connectivity index (χ4v) is 4.77. The van der Waals surface area contributed by atoms with Gasteiger partial charge in [0.25, 0.3) is 0 Å². The van der Waals surface area contributed by atoms with Gasteiger partial charge < -0.3 is 0 Å². The smallest absolute Gasteiger partial charge is 0.207 e. The lowest BCUT2D eigenvalue weighted by molar-refractivity contribution is 0.389. The van der Waals surface area contributed by atoms with Crippen LogP contribution in [0, 0.1) is 5.92 Å². The summed E-state index contributed by atoms with van der Waals surface area (Å²) in [6.07, 6.45) is 4.18. The highest BCUT2D eigenvalue weighted by Crippen LogP contribution is 2.39. The molecule has 2 aliphatic carbocycles. The van der Waals surface area contributed by atoms with E-state index < -0.39 is 10.0 Å². The van der Waals surface area contributed by atoms with Gasteiger partial charge in [-0.25, -0.2) is 8.42 Å². The lowest BCUT2D eigenvalue weighted by Gasteiger charge is -2.22. The van der Waals surface area contributed by atoms with Crippen molar-refractivity contribution in [3.05, 3.63) is 28.8 Å². The summed E-state index contributed by atoms with van der Waals surface area (Å²) in [6.45, 7) is 0.633. The lowest BCUT2D eigenvalue weighted by Crippen LogP contribution is -2.35. The topological polar surface area (TPSA) is 37.4 Å². The second-order valence-corrected chi connectivity index (χ2v) is 8.18. The minimum atomic E-state index is -3.51. The second-order valence-electron chi connectivity index (χ2n) is 5.65. The van der Waals surface area contributed by atoms with Crippen molar-refractivity contribution in [3.63, 3.8) is 0 Å². The molecule has 0 aromatic heterocycles. The van der Waals surface area contributed by atoms with Gasteiger partial charge in [-0.15, -0.1) is 11.6 Å². The van der Waals surface area contributed by atoms with Crippen molar-refractivity contribution in [3.8, 4) is 0 Å². The van der Waals surface area contributed by atoms with Crippen molar-refractivity contribution in [1.29, 1.82) is 0 Å². The summed E-state index contributed by atoms with van der Waals surface area (Å²) in [7, 11) is -3.51. The first-order valence-electron chi connectivity index (χ1n) is 6.88. The molecule has 0 aliphatic heterocycles. The largest absolute Gasteiger partial charge is 0.244 e. The first-order valence-corrected chi connectivity index (χ1v) is 9.24. The predicted octanol–water partition coefficient (Wildman–Crippen LogP) is 3.64. The minimum absolute atomic E-state index is 0.163. The Kier molecular flexibility index (Phi) is 4.01. The predicted molar refractivity (Wildman–Crippen MR) is 80.6 cm³/mol. The highest BCUT2D eigenvalue weighted by Gasteiger charge is 2.41. The van der Waals surface area contributed by atoms with Crippen LogP contribution in [0.4, 0.5) is 0 Å². The monoisotopic (exact) mass is 333 g/mol. The van der Waals surface area contributed by atoms with Gasteiger partial charge in [0, 0.05) is 18.5 Å². The van der Waals surface area contributed by atoms with Crippen LogP contribution in [0.15, 0.2) is 23.1 Å². The van der Waals surface area contributed by atoms with Crippen molar-refractivity contribution >= 4 is 33.2 Å². The van der Waals surface area contributed by atoms with Crippen molar-refractivity contribution in [2.45, 2.75) is 42.5 Å². The molecule has 20 heavy (non-hydrogen) atoms. The molecule has 1 aromatic carbocycles. The van der Waals surface area contributed by atoms with E-state index in [1.165, 1.54) is 0 Å². The Morgan fingerprint density at radius 1 is 1.20 bits per heavy atom. The van der Waals surface area contributed by atoms with E-state index in [0.717, 1.165) is 31.2 Å². The van der Waals surface area contributed by atoms with Crippen LogP contribution in [0.25, 0.3) is 0 Å². The van der Waals surface area contributed by atoms with E-state index in [2.05, 4.69) is 0 Å². The lowest BCUT2D eigenvalue weighted by atomic mass is 10.2. The summed E-state index contributed by atoms with van der Waals surface area (Å²) >= 11 is 11.9. The van der Waals surface area contributed by atoms with E-state index in [1.54, 1.807) is 22.5 Å². The van der Waals surface area contributed by atoms with E-state index >= 15 is 0 Å². The molecule has 0 atom stereocenters. The minimum Gasteiger partial charge on any atom is -0.207 e. The first kappa shape index (κ1) is 14.6. The molecule has 110 valence electrons. The van der Waals surface area contributed by atoms with Crippen LogP contribution < -0.4 is 0 Å². The van der Waals surface area contributed by atoms with Gasteiger partial charge in [0.05, 0.1) is 5.02 Å². The van der Waals surface area contributed by atoms with Crippen LogP contribution in [0.1, 0.15) is 31.2 Å². The van der Waals surface area contributed by atoms with Crippen molar-refractivity contribution in [1.82, 2.24) is 4.31 Å². The Labute approximate surface area is 129 Å². The number of hydrogen-bond acceptors (Lipinski definition) is 2. The number of alkyl halides is 1. The number of hydrogen-bond donors (Lipinski definition) is 0. The number of halogens is 2. The van der Waals surface area contributed by atoms with Crippen LogP contribution in [0.2, 0.25) is 5.02 Å². The maximum Gasteiger partial charge on any atom is 0.244 e. The molecule has 0 saturated heterocycles. The highest BCUT2D eigenvalue weighted by atomic mass is 35.5. The number of sulfonamides is 1. The molecule has 3 nitrogen and oxygen atoms in total. The average molecular weight is 334 g/mol. The van der Waals surface area contributed by atoms with Crippen LogP contribution in [-0.2, 0) is 15.9 Å². The van der Waals surface area contributed by atoms with Gasteiger partial charge in [-0.05, 0) is 49.3 Å². The maximum absolute atomic E-state index is 12.9. The second kappa shape index (κ2) is 5.48. The Balaban J connectivity index is 1.96. The Bertz CT molecular complexity index is 610. The maximum atomic E-state index is 12.9. The quantitative estimate of drug-likeness (QED) is 0.745. The van der Waals surface area contributed by atoms with Crippen molar-refractivity contribution in [2.75, 3.05) is 6.54 Å². The molecule has 0 bridgehead atoms. The Hall–Kier alpha value is -0.290. The van der Waals surface area contributed by atoms with Gasteiger partial charge in [-0.1, -0.05) is 17.7 Å². The molecule has 0 amide bonds. The van der Waals surface area contributed by atoms with E-state index in [-0.39, 0.29) is 21.8 Å². The Morgan fingerprint density at radius 3 is 2.45 bits per heavy atom. The Morgan fingerprint density at radius 2 is 1.90 bits per heavy atom. The molecule has 2 fully saturated rings. The summed E-state index contributed by atoms with van der Waals surface area (Å²) in [5, 5.41) is 0.278. The SMILES string of the molecule is O=S(=O)(c1cc(CCl)ccc1Cl)N(CC1CC1)C1CC1. The van der Waals surface area contributed by atoms with E-state index in [0.29, 0.717) is 12.5 Å². The molecule has 0 spiro atoms. The van der Waals surface area contributed by atoms with Crippen molar-refractivity contribution < 1.29 is 8.42 Å². The molecule has 1 aromatic rings. The highest BCUT2D eigenvalue weighted by molar-refractivity contribution is 7.89. The molecule has 0 radical (unpaired) electrons. The van der Waals surface area contributed by atoms with E-state index in [1.807, 2.05) is 0 Å². The van der Waals surface area contributed by atoms with Crippen molar-refractivity contribution in [2.24, 2.45) is 5.92 Å². The molecule has 0 N–H and O–H groups in total. The van der Waals surface area contributed by atoms with Gasteiger partial charge in [0.2, 0.25) is 10.0 Å². The van der Waals surface area contributed by atoms with E-state index in [9.17, 15) is 8.42 Å². The van der Waals surface area contributed by atoms with E-state index in [4.69, 9.17) is 23.2 Å². The van der Waals surface area contributed by atoms with Crippen LogP contribution in [-0.4, -0.2) is 25.3 Å². The zero-order valence-corrected chi connectivity index (χ0v) is 13.4. The van der Waals surface area contributed by atoms with Crippen LogP contribution in [0.5, 0.6) is 0 Å². The third kappa shape index (κ3) is 2.98. The third-order valence-corrected chi connectivity index (χ3v) is 6.53. The standard InChI is InChI=1S/C14H17Cl2NO2S/c15-8-11-3-6-13(16)14(7-11)20(18,19)17(12-4-5-12)9-10-1-2-10/h3,6-7,10,12H,1-2,4-5,8-9H2. The number of benzene rings is 1. The molecular formula is C14H17Cl2NO2S. The fourth-order valence-electron chi connectivity index (χ4n) is 2.32. The number of rotatable bonds is 6. The number of nitrogens with zero attached hydrogens (tertiary/aromatic N) is 1. The molecule has 0 heterocycles. The summed E-state index contributed by atoms with van der Waals surface area (Å²) in [4.78, 5) is 0.199. The molecule has 6 heteroatoms. The molecule has 2 aliphatic rings. The molecular weight excluding hydrogens is 317 g/mol. The van der Waals surface area contributed by atoms with Gasteiger partial charge in [-0.3, -0.25) is 0 Å². The average Bonchev–Trinajstić information content (AvgIpc) is 3.28. The van der Waals surface area contributed by atoms with Crippen LogP contribution in [0.3, 0.4) is 0 Å². The van der Waals surface area contributed by atoms with Gasteiger partial charge >= 0.3 is 0 Å². The summed E-state index contributed by atoms with van der Waals surface area (Å²) < 4.78 is 27.4. The third-order valence-electron chi connectivity index (χ3n) is 3.83. The fraction of sp³-hybridized carbons (Fsp3) is 0.571. The summed E-state index contributed by atoms with van der Waals surface area (Å²) in [5.41, 5.74) is 0.775. The summed E-state index contributed by atoms with van der Waals surface area (Å²) in [5.74, 6) is 0.812. The van der Waals surface area contributed by atoms with Gasteiger partial charge in [0.15, 0.2) is 0 Å².